The van der Waals surface area contributed by atoms with Crippen LogP contribution in [0.4, 0.5) is 0 Å². The maximum Gasteiger partial charge on any atom is 0.239 e. The van der Waals surface area contributed by atoms with E-state index in [2.05, 4.69) is 34.9 Å². The lowest BCUT2D eigenvalue weighted by Crippen LogP contribution is -2.54. The van der Waals surface area contributed by atoms with E-state index in [9.17, 15) is 4.79 Å². The quantitative estimate of drug-likeness (QED) is 0.889. The van der Waals surface area contributed by atoms with Gasteiger partial charge in [-0.1, -0.05) is 36.8 Å². The molecule has 3 rings (SSSR count). The number of halogens is 1. The van der Waals surface area contributed by atoms with Gasteiger partial charge in [0.05, 0.1) is 13.2 Å². The van der Waals surface area contributed by atoms with Crippen LogP contribution in [0.2, 0.25) is 0 Å². The average molecular weight is 311 g/mol. The van der Waals surface area contributed by atoms with Gasteiger partial charge in [-0.25, -0.2) is 0 Å². The van der Waals surface area contributed by atoms with Crippen molar-refractivity contribution in [2.75, 3.05) is 26.3 Å². The third kappa shape index (κ3) is 3.57. The maximum atomic E-state index is 12.2. The monoisotopic (exact) mass is 310 g/mol. The molecule has 0 spiro atoms. The highest BCUT2D eigenvalue weighted by Gasteiger charge is 2.39. The molecule has 1 aliphatic carbocycles. The lowest BCUT2D eigenvalue weighted by Gasteiger charge is -2.43. The van der Waals surface area contributed by atoms with Gasteiger partial charge in [0, 0.05) is 18.5 Å². The largest absolute Gasteiger partial charge is 0.378 e. The number of carbonyl (C=O) groups excluding carboxylic acids is 1. The highest BCUT2D eigenvalue weighted by atomic mass is 35.5. The molecule has 0 radical (unpaired) electrons. The molecular weight excluding hydrogens is 288 g/mol. The molecular formula is C16H23ClN2O2. The van der Waals surface area contributed by atoms with Gasteiger partial charge in [-0.05, 0) is 18.4 Å². The molecule has 0 aromatic heterocycles. The number of amides is 1. The molecule has 1 aliphatic heterocycles. The Hall–Kier alpha value is -1.10. The molecule has 1 heterocycles. The third-order valence-corrected chi connectivity index (χ3v) is 4.54. The van der Waals surface area contributed by atoms with Crippen molar-refractivity contribution in [2.45, 2.75) is 30.7 Å². The first-order chi connectivity index (χ1) is 9.80. The van der Waals surface area contributed by atoms with E-state index in [1.807, 2.05) is 6.07 Å². The van der Waals surface area contributed by atoms with Crippen molar-refractivity contribution in [3.8, 4) is 0 Å². The maximum absolute atomic E-state index is 12.2. The van der Waals surface area contributed by atoms with Crippen LogP contribution in [0.15, 0.2) is 30.3 Å². The molecule has 1 aromatic rings. The SMILES string of the molecule is Cl.O=C(NCC1(c2ccccc2)CCC1)C1COCCN1. The molecule has 1 amide bonds. The van der Waals surface area contributed by atoms with Gasteiger partial charge in [0.15, 0.2) is 0 Å². The van der Waals surface area contributed by atoms with Gasteiger partial charge in [-0.2, -0.15) is 0 Å². The average Bonchev–Trinajstić information content (AvgIpc) is 2.48. The minimum atomic E-state index is -0.198. The third-order valence-electron chi connectivity index (χ3n) is 4.54. The molecule has 1 aromatic carbocycles. The predicted molar refractivity (Wildman–Crippen MR) is 84.8 cm³/mol. The smallest absolute Gasteiger partial charge is 0.239 e. The van der Waals surface area contributed by atoms with Crippen LogP contribution in [0.3, 0.4) is 0 Å². The molecule has 1 unspecified atom stereocenters. The number of nitrogens with one attached hydrogen (secondary N) is 2. The van der Waals surface area contributed by atoms with Gasteiger partial charge in [0.1, 0.15) is 6.04 Å². The molecule has 2 fully saturated rings. The van der Waals surface area contributed by atoms with E-state index >= 15 is 0 Å². The lowest BCUT2D eigenvalue weighted by molar-refractivity contribution is -0.126. The minimum absolute atomic E-state index is 0. The Kier molecular flexibility index (Phi) is 5.62. The predicted octanol–water partition coefficient (Wildman–Crippen LogP) is 1.63. The summed E-state index contributed by atoms with van der Waals surface area (Å²) < 4.78 is 5.34. The first kappa shape index (κ1) is 16.3. The fourth-order valence-electron chi connectivity index (χ4n) is 3.08. The number of ether oxygens (including phenoxy) is 1. The van der Waals surface area contributed by atoms with E-state index in [0.29, 0.717) is 13.2 Å². The molecule has 1 atom stereocenters. The summed E-state index contributed by atoms with van der Waals surface area (Å²) in [6, 6.07) is 10.3. The number of hydrogen-bond acceptors (Lipinski definition) is 3. The van der Waals surface area contributed by atoms with Gasteiger partial charge in [-0.3, -0.25) is 4.79 Å². The summed E-state index contributed by atoms with van der Waals surface area (Å²) in [5.74, 6) is 0.0620. The molecule has 21 heavy (non-hydrogen) atoms. The van der Waals surface area contributed by atoms with Crippen LogP contribution in [0.1, 0.15) is 24.8 Å². The van der Waals surface area contributed by atoms with Crippen molar-refractivity contribution in [2.24, 2.45) is 0 Å². The summed E-state index contributed by atoms with van der Waals surface area (Å²) in [7, 11) is 0. The van der Waals surface area contributed by atoms with Crippen LogP contribution in [-0.4, -0.2) is 38.3 Å². The van der Waals surface area contributed by atoms with E-state index in [-0.39, 0.29) is 29.8 Å². The zero-order valence-corrected chi connectivity index (χ0v) is 13.0. The summed E-state index contributed by atoms with van der Waals surface area (Å²) in [5.41, 5.74) is 1.49. The zero-order valence-electron chi connectivity index (χ0n) is 12.1. The minimum Gasteiger partial charge on any atom is -0.378 e. The van der Waals surface area contributed by atoms with Gasteiger partial charge < -0.3 is 15.4 Å². The van der Waals surface area contributed by atoms with E-state index in [4.69, 9.17) is 4.74 Å². The van der Waals surface area contributed by atoms with E-state index in [1.54, 1.807) is 0 Å². The second-order valence-electron chi connectivity index (χ2n) is 5.80. The molecule has 2 aliphatic rings. The summed E-state index contributed by atoms with van der Waals surface area (Å²) in [4.78, 5) is 12.2. The van der Waals surface area contributed by atoms with Crippen molar-refractivity contribution in [1.82, 2.24) is 10.6 Å². The van der Waals surface area contributed by atoms with Gasteiger partial charge in [0.2, 0.25) is 5.91 Å². The highest BCUT2D eigenvalue weighted by molar-refractivity contribution is 5.85. The van der Waals surface area contributed by atoms with E-state index in [1.165, 1.54) is 12.0 Å². The zero-order chi connectivity index (χ0) is 13.8. The summed E-state index contributed by atoms with van der Waals surface area (Å²) in [6.45, 7) is 2.65. The fraction of sp³-hybridized carbons (Fsp3) is 0.562. The van der Waals surface area contributed by atoms with Crippen LogP contribution in [0.25, 0.3) is 0 Å². The number of hydrogen-bond donors (Lipinski definition) is 2. The molecule has 1 saturated carbocycles. The second-order valence-corrected chi connectivity index (χ2v) is 5.80. The summed E-state index contributed by atoms with van der Waals surface area (Å²) in [6.07, 6.45) is 3.56. The Morgan fingerprint density at radius 1 is 1.33 bits per heavy atom. The molecule has 5 heteroatoms. The van der Waals surface area contributed by atoms with E-state index in [0.717, 1.165) is 25.9 Å². The van der Waals surface area contributed by atoms with Crippen molar-refractivity contribution < 1.29 is 9.53 Å². The lowest BCUT2D eigenvalue weighted by atomic mass is 9.64. The first-order valence-electron chi connectivity index (χ1n) is 7.45. The number of benzene rings is 1. The van der Waals surface area contributed by atoms with Crippen LogP contribution in [0.5, 0.6) is 0 Å². The number of carbonyl (C=O) groups is 1. The first-order valence-corrected chi connectivity index (χ1v) is 7.45. The standard InChI is InChI=1S/C16H22N2O2.ClH/c19-15(14-11-20-10-9-17-14)18-12-16(7-4-8-16)13-5-2-1-3-6-13;/h1-3,5-6,14,17H,4,7-12H2,(H,18,19);1H. The van der Waals surface area contributed by atoms with Crippen molar-refractivity contribution >= 4 is 18.3 Å². The Morgan fingerprint density at radius 3 is 2.67 bits per heavy atom. The van der Waals surface area contributed by atoms with Crippen molar-refractivity contribution in [1.29, 1.82) is 0 Å². The second kappa shape index (κ2) is 7.25. The van der Waals surface area contributed by atoms with Crippen LogP contribution in [-0.2, 0) is 14.9 Å². The van der Waals surface area contributed by atoms with Crippen molar-refractivity contribution in [3.63, 3.8) is 0 Å². The Labute approximate surface area is 132 Å². The molecule has 116 valence electrons. The van der Waals surface area contributed by atoms with Crippen LogP contribution >= 0.6 is 12.4 Å². The summed E-state index contributed by atoms with van der Waals surface area (Å²) in [5, 5.41) is 6.31. The molecule has 1 saturated heterocycles. The van der Waals surface area contributed by atoms with E-state index < -0.39 is 0 Å². The van der Waals surface area contributed by atoms with Gasteiger partial charge in [0.25, 0.3) is 0 Å². The number of rotatable bonds is 4. The van der Waals surface area contributed by atoms with Gasteiger partial charge in [-0.15, -0.1) is 12.4 Å². The Morgan fingerprint density at radius 2 is 2.10 bits per heavy atom. The topological polar surface area (TPSA) is 50.4 Å². The van der Waals surface area contributed by atoms with Gasteiger partial charge >= 0.3 is 0 Å². The molecule has 4 nitrogen and oxygen atoms in total. The van der Waals surface area contributed by atoms with Crippen LogP contribution in [0, 0.1) is 0 Å². The Balaban J connectivity index is 0.00000161. The van der Waals surface area contributed by atoms with Crippen molar-refractivity contribution in [3.05, 3.63) is 35.9 Å². The summed E-state index contributed by atoms with van der Waals surface area (Å²) >= 11 is 0. The van der Waals surface area contributed by atoms with Crippen LogP contribution < -0.4 is 10.6 Å². The molecule has 0 bridgehead atoms. The molecule has 2 N–H and O–H groups in total. The number of morpholine rings is 1. The highest BCUT2D eigenvalue weighted by Crippen LogP contribution is 2.43. The fourth-order valence-corrected chi connectivity index (χ4v) is 3.08. The normalized spacial score (nSPS) is 23.5. The Bertz CT molecular complexity index is 457.